The molecule has 0 aliphatic carbocycles. The highest BCUT2D eigenvalue weighted by Crippen LogP contribution is 2.29. The van der Waals surface area contributed by atoms with Gasteiger partial charge in [-0.05, 0) is 47.5 Å². The van der Waals surface area contributed by atoms with Crippen LogP contribution >= 0.6 is 0 Å². The van der Waals surface area contributed by atoms with Crippen molar-refractivity contribution in [2.24, 2.45) is 0 Å². The topological polar surface area (TPSA) is 43.8 Å². The van der Waals surface area contributed by atoms with Crippen LogP contribution in [-0.4, -0.2) is 60.1 Å². The molecule has 0 bridgehead atoms. The molecule has 3 aromatic rings. The predicted molar refractivity (Wildman–Crippen MR) is 113 cm³/mol. The van der Waals surface area contributed by atoms with E-state index in [1.54, 1.807) is 0 Å². The standard InChI is InChI=1S/C24H26N2O2/c1-25-14-15-26(17-21(25)13-16-27)24(28)20-11-9-19(10-12-20)23-8-4-6-18-5-2-3-7-22(18)23/h2-12,21,27H,13-17H2,1H3. The summed E-state index contributed by atoms with van der Waals surface area (Å²) in [6.07, 6.45) is 0.695. The third kappa shape index (κ3) is 3.66. The number of amides is 1. The molecule has 144 valence electrons. The van der Waals surface area contributed by atoms with Crippen LogP contribution in [0, 0.1) is 0 Å². The fraction of sp³-hybridized carbons (Fsp3) is 0.292. The van der Waals surface area contributed by atoms with E-state index in [0.29, 0.717) is 13.0 Å². The summed E-state index contributed by atoms with van der Waals surface area (Å²) in [4.78, 5) is 17.1. The van der Waals surface area contributed by atoms with Gasteiger partial charge in [-0.15, -0.1) is 0 Å². The summed E-state index contributed by atoms with van der Waals surface area (Å²) in [6.45, 7) is 2.38. The van der Waals surface area contributed by atoms with Gasteiger partial charge in [0.1, 0.15) is 0 Å². The largest absolute Gasteiger partial charge is 0.396 e. The zero-order valence-corrected chi connectivity index (χ0v) is 16.2. The SMILES string of the molecule is CN1CCN(C(=O)c2ccc(-c3cccc4ccccc34)cc2)CC1CCO. The lowest BCUT2D eigenvalue weighted by Gasteiger charge is -2.39. The van der Waals surface area contributed by atoms with Gasteiger partial charge in [0.15, 0.2) is 0 Å². The van der Waals surface area contributed by atoms with Gasteiger partial charge in [-0.2, -0.15) is 0 Å². The second-order valence-corrected chi connectivity index (χ2v) is 7.50. The lowest BCUT2D eigenvalue weighted by molar-refractivity contribution is 0.0500. The minimum absolute atomic E-state index is 0.0699. The molecule has 1 N–H and O–H groups in total. The second kappa shape index (κ2) is 8.13. The Morgan fingerprint density at radius 3 is 2.54 bits per heavy atom. The minimum Gasteiger partial charge on any atom is -0.396 e. The third-order valence-electron chi connectivity index (χ3n) is 5.76. The highest BCUT2D eigenvalue weighted by Gasteiger charge is 2.27. The molecule has 1 atom stereocenters. The minimum atomic E-state index is 0.0699. The monoisotopic (exact) mass is 374 g/mol. The summed E-state index contributed by atoms with van der Waals surface area (Å²) >= 11 is 0. The summed E-state index contributed by atoms with van der Waals surface area (Å²) in [5, 5.41) is 11.7. The lowest BCUT2D eigenvalue weighted by atomic mass is 9.97. The maximum Gasteiger partial charge on any atom is 0.253 e. The number of aliphatic hydroxyl groups excluding tert-OH is 1. The molecule has 0 spiro atoms. The van der Waals surface area contributed by atoms with Crippen molar-refractivity contribution in [1.82, 2.24) is 9.80 Å². The molecule has 1 amide bonds. The maximum absolute atomic E-state index is 13.0. The first-order valence-corrected chi connectivity index (χ1v) is 9.86. The van der Waals surface area contributed by atoms with Crippen LogP contribution in [0.25, 0.3) is 21.9 Å². The Labute approximate surface area is 166 Å². The first kappa shape index (κ1) is 18.7. The zero-order valence-electron chi connectivity index (χ0n) is 16.2. The molecular weight excluding hydrogens is 348 g/mol. The molecule has 28 heavy (non-hydrogen) atoms. The third-order valence-corrected chi connectivity index (χ3v) is 5.76. The van der Waals surface area contributed by atoms with Gasteiger partial charge in [0.05, 0.1) is 0 Å². The number of nitrogens with zero attached hydrogens (tertiary/aromatic N) is 2. The first-order valence-electron chi connectivity index (χ1n) is 9.86. The molecule has 1 aliphatic rings. The summed E-state index contributed by atoms with van der Waals surface area (Å²) in [7, 11) is 2.06. The van der Waals surface area contributed by atoms with Crippen LogP contribution in [-0.2, 0) is 0 Å². The van der Waals surface area contributed by atoms with E-state index in [4.69, 9.17) is 0 Å². The van der Waals surface area contributed by atoms with Crippen molar-refractivity contribution in [3.63, 3.8) is 0 Å². The van der Waals surface area contributed by atoms with Crippen LogP contribution in [0.2, 0.25) is 0 Å². The Kier molecular flexibility index (Phi) is 5.42. The molecule has 4 heteroatoms. The highest BCUT2D eigenvalue weighted by atomic mass is 16.3. The molecule has 1 heterocycles. The van der Waals surface area contributed by atoms with Gasteiger partial charge in [0.2, 0.25) is 0 Å². The second-order valence-electron chi connectivity index (χ2n) is 7.50. The molecule has 1 aliphatic heterocycles. The Bertz CT molecular complexity index is 963. The van der Waals surface area contributed by atoms with E-state index in [-0.39, 0.29) is 18.6 Å². The van der Waals surface area contributed by atoms with Gasteiger partial charge < -0.3 is 10.0 Å². The Morgan fingerprint density at radius 1 is 1.00 bits per heavy atom. The van der Waals surface area contributed by atoms with Crippen LogP contribution in [0.3, 0.4) is 0 Å². The van der Waals surface area contributed by atoms with Gasteiger partial charge in [-0.3, -0.25) is 9.69 Å². The van der Waals surface area contributed by atoms with E-state index >= 15 is 0 Å². The molecule has 0 aromatic heterocycles. The number of aliphatic hydroxyl groups is 1. The zero-order chi connectivity index (χ0) is 19.5. The summed E-state index contributed by atoms with van der Waals surface area (Å²) in [6, 6.07) is 22.8. The van der Waals surface area contributed by atoms with Crippen LogP contribution in [0.5, 0.6) is 0 Å². The Hall–Kier alpha value is -2.69. The Balaban J connectivity index is 1.55. The number of hydrogen-bond acceptors (Lipinski definition) is 3. The number of piperazine rings is 1. The molecule has 3 aromatic carbocycles. The average molecular weight is 374 g/mol. The molecule has 1 saturated heterocycles. The number of rotatable bonds is 4. The molecular formula is C24H26N2O2. The van der Waals surface area contributed by atoms with Gasteiger partial charge in [0.25, 0.3) is 5.91 Å². The maximum atomic E-state index is 13.0. The van der Waals surface area contributed by atoms with E-state index in [0.717, 1.165) is 24.2 Å². The molecule has 0 radical (unpaired) electrons. The molecule has 0 saturated carbocycles. The van der Waals surface area contributed by atoms with Crippen molar-refractivity contribution in [1.29, 1.82) is 0 Å². The van der Waals surface area contributed by atoms with Crippen LogP contribution in [0.1, 0.15) is 16.8 Å². The van der Waals surface area contributed by atoms with E-state index < -0.39 is 0 Å². The Morgan fingerprint density at radius 2 is 1.75 bits per heavy atom. The smallest absolute Gasteiger partial charge is 0.253 e. The number of carbonyl (C=O) groups excluding carboxylic acids is 1. The van der Waals surface area contributed by atoms with Crippen molar-refractivity contribution in [2.45, 2.75) is 12.5 Å². The van der Waals surface area contributed by atoms with Crippen molar-refractivity contribution in [3.8, 4) is 11.1 Å². The number of fused-ring (bicyclic) bond motifs is 1. The van der Waals surface area contributed by atoms with E-state index in [9.17, 15) is 9.90 Å². The quantitative estimate of drug-likeness (QED) is 0.758. The molecule has 4 rings (SSSR count). The van der Waals surface area contributed by atoms with Crippen molar-refractivity contribution in [2.75, 3.05) is 33.3 Å². The van der Waals surface area contributed by atoms with E-state index in [1.165, 1.54) is 16.3 Å². The molecule has 1 fully saturated rings. The fourth-order valence-electron chi connectivity index (χ4n) is 4.04. The highest BCUT2D eigenvalue weighted by molar-refractivity contribution is 5.98. The van der Waals surface area contributed by atoms with Gasteiger partial charge in [-0.1, -0.05) is 54.6 Å². The van der Waals surface area contributed by atoms with Crippen molar-refractivity contribution < 1.29 is 9.90 Å². The molecule has 1 unspecified atom stereocenters. The van der Waals surface area contributed by atoms with E-state index in [2.05, 4.69) is 48.3 Å². The van der Waals surface area contributed by atoms with Gasteiger partial charge >= 0.3 is 0 Å². The summed E-state index contributed by atoms with van der Waals surface area (Å²) in [5.74, 6) is 0.0699. The fourth-order valence-corrected chi connectivity index (χ4v) is 4.04. The molecule has 4 nitrogen and oxygen atoms in total. The van der Waals surface area contributed by atoms with Crippen molar-refractivity contribution >= 4 is 16.7 Å². The first-order chi connectivity index (χ1) is 13.7. The summed E-state index contributed by atoms with van der Waals surface area (Å²) < 4.78 is 0. The number of carbonyl (C=O) groups is 1. The van der Waals surface area contributed by atoms with E-state index in [1.807, 2.05) is 35.2 Å². The van der Waals surface area contributed by atoms with Gasteiger partial charge in [-0.25, -0.2) is 0 Å². The lowest BCUT2D eigenvalue weighted by Crippen LogP contribution is -2.53. The van der Waals surface area contributed by atoms with Crippen LogP contribution in [0.4, 0.5) is 0 Å². The normalized spacial score (nSPS) is 17.8. The van der Waals surface area contributed by atoms with Gasteiger partial charge in [0, 0.05) is 37.8 Å². The number of likely N-dealkylation sites (N-methyl/N-ethyl adjacent to an activating group) is 1. The van der Waals surface area contributed by atoms with Crippen LogP contribution in [0.15, 0.2) is 66.7 Å². The number of hydrogen-bond donors (Lipinski definition) is 1. The van der Waals surface area contributed by atoms with Crippen molar-refractivity contribution in [3.05, 3.63) is 72.3 Å². The number of benzene rings is 3. The van der Waals surface area contributed by atoms with Crippen LogP contribution < -0.4 is 0 Å². The average Bonchev–Trinajstić information content (AvgIpc) is 2.75. The predicted octanol–water partition coefficient (Wildman–Crippen LogP) is 3.65. The summed E-state index contributed by atoms with van der Waals surface area (Å²) in [5.41, 5.74) is 3.01.